The fourth-order valence-corrected chi connectivity index (χ4v) is 3.75. The maximum absolute atomic E-state index is 10.4. The number of anilines is 1. The molecule has 4 nitrogen and oxygen atoms in total. The van der Waals surface area contributed by atoms with Gasteiger partial charge in [-0.1, -0.05) is 42.5 Å². The average molecular weight is 348 g/mol. The smallest absolute Gasteiger partial charge is 0.142 e. The Morgan fingerprint density at radius 1 is 0.885 bits per heavy atom. The highest BCUT2D eigenvalue weighted by atomic mass is 16.5. The Kier molecular flexibility index (Phi) is 4.67. The zero-order valence-corrected chi connectivity index (χ0v) is 15.1. The third kappa shape index (κ3) is 3.20. The highest BCUT2D eigenvalue weighted by molar-refractivity contribution is 5.87. The van der Waals surface area contributed by atoms with Crippen LogP contribution in [0.4, 0.5) is 5.69 Å². The Hall–Kier alpha value is -2.72. The molecule has 1 heterocycles. The molecule has 0 unspecified atom stereocenters. The zero-order chi connectivity index (χ0) is 17.9. The van der Waals surface area contributed by atoms with Crippen LogP contribution in [-0.4, -0.2) is 43.3 Å². The molecular weight excluding hydrogens is 324 g/mol. The molecule has 3 aromatic carbocycles. The van der Waals surface area contributed by atoms with E-state index in [2.05, 4.69) is 34.1 Å². The Bertz CT molecular complexity index is 902. The van der Waals surface area contributed by atoms with Gasteiger partial charge in [0.05, 0.1) is 12.8 Å². The number of hydrogen-bond donors (Lipinski definition) is 1. The highest BCUT2D eigenvalue weighted by Crippen LogP contribution is 2.31. The van der Waals surface area contributed by atoms with E-state index in [0.29, 0.717) is 5.75 Å². The topological polar surface area (TPSA) is 35.9 Å². The predicted octanol–water partition coefficient (Wildman–Crippen LogP) is 3.88. The summed E-state index contributed by atoms with van der Waals surface area (Å²) in [6.45, 7) is 4.59. The maximum atomic E-state index is 10.4. The molecule has 0 spiro atoms. The quantitative estimate of drug-likeness (QED) is 0.776. The average Bonchev–Trinajstić information content (AvgIpc) is 2.70. The van der Waals surface area contributed by atoms with Crippen LogP contribution in [0.5, 0.6) is 11.5 Å². The SMILES string of the molecule is COc1ccccc1N1CCN(Cc2c(O)ccc3ccccc23)CC1. The molecule has 1 saturated heterocycles. The fraction of sp³-hybridized carbons (Fsp3) is 0.273. The first kappa shape index (κ1) is 16.7. The second-order valence-electron chi connectivity index (χ2n) is 6.72. The van der Waals surface area contributed by atoms with Gasteiger partial charge >= 0.3 is 0 Å². The first-order valence-corrected chi connectivity index (χ1v) is 9.06. The van der Waals surface area contributed by atoms with Gasteiger partial charge in [0.1, 0.15) is 11.5 Å². The Balaban J connectivity index is 1.49. The van der Waals surface area contributed by atoms with Gasteiger partial charge in [0, 0.05) is 38.3 Å². The van der Waals surface area contributed by atoms with Crippen molar-refractivity contribution in [2.75, 3.05) is 38.2 Å². The first-order chi connectivity index (χ1) is 12.8. The van der Waals surface area contributed by atoms with Gasteiger partial charge in [0.2, 0.25) is 0 Å². The van der Waals surface area contributed by atoms with Gasteiger partial charge in [-0.15, -0.1) is 0 Å². The van der Waals surface area contributed by atoms with Crippen LogP contribution in [0.25, 0.3) is 10.8 Å². The van der Waals surface area contributed by atoms with Crippen molar-refractivity contribution >= 4 is 16.5 Å². The molecule has 0 saturated carbocycles. The molecule has 0 aromatic heterocycles. The molecule has 4 heteroatoms. The van der Waals surface area contributed by atoms with E-state index in [1.54, 1.807) is 7.11 Å². The first-order valence-electron chi connectivity index (χ1n) is 9.06. The van der Waals surface area contributed by atoms with E-state index in [4.69, 9.17) is 4.74 Å². The van der Waals surface area contributed by atoms with Gasteiger partial charge in [-0.25, -0.2) is 0 Å². The molecular formula is C22H24N2O2. The number of aromatic hydroxyl groups is 1. The lowest BCUT2D eigenvalue weighted by Gasteiger charge is -2.36. The second kappa shape index (κ2) is 7.26. The van der Waals surface area contributed by atoms with Crippen molar-refractivity contribution in [3.63, 3.8) is 0 Å². The van der Waals surface area contributed by atoms with Crippen LogP contribution in [0.15, 0.2) is 60.7 Å². The number of rotatable bonds is 4. The van der Waals surface area contributed by atoms with Crippen LogP contribution < -0.4 is 9.64 Å². The van der Waals surface area contributed by atoms with Crippen LogP contribution in [0.1, 0.15) is 5.56 Å². The van der Waals surface area contributed by atoms with Crippen molar-refractivity contribution in [3.05, 3.63) is 66.2 Å². The maximum Gasteiger partial charge on any atom is 0.142 e. The van der Waals surface area contributed by atoms with Crippen LogP contribution >= 0.6 is 0 Å². The molecule has 0 bridgehead atoms. The monoisotopic (exact) mass is 348 g/mol. The summed E-state index contributed by atoms with van der Waals surface area (Å²) in [7, 11) is 1.72. The minimum atomic E-state index is 0.385. The lowest BCUT2D eigenvalue weighted by molar-refractivity contribution is 0.247. The predicted molar refractivity (Wildman–Crippen MR) is 106 cm³/mol. The third-order valence-electron chi connectivity index (χ3n) is 5.20. The van der Waals surface area contributed by atoms with E-state index in [9.17, 15) is 5.11 Å². The summed E-state index contributed by atoms with van der Waals surface area (Å²) in [6, 6.07) is 20.2. The fourth-order valence-electron chi connectivity index (χ4n) is 3.75. The van der Waals surface area contributed by atoms with E-state index in [-0.39, 0.29) is 0 Å². The number of phenols is 1. The Morgan fingerprint density at radius 2 is 1.62 bits per heavy atom. The van der Waals surface area contributed by atoms with Gasteiger partial charge in [-0.3, -0.25) is 4.90 Å². The Morgan fingerprint density at radius 3 is 2.42 bits per heavy atom. The van der Waals surface area contributed by atoms with E-state index in [1.807, 2.05) is 36.4 Å². The second-order valence-corrected chi connectivity index (χ2v) is 6.72. The summed E-state index contributed by atoms with van der Waals surface area (Å²) in [5.41, 5.74) is 2.18. The van der Waals surface area contributed by atoms with E-state index in [1.165, 1.54) is 5.39 Å². The molecule has 4 rings (SSSR count). The highest BCUT2D eigenvalue weighted by Gasteiger charge is 2.21. The number of ether oxygens (including phenoxy) is 1. The van der Waals surface area contributed by atoms with Gasteiger partial charge in [0.15, 0.2) is 0 Å². The number of nitrogens with zero attached hydrogens (tertiary/aromatic N) is 2. The minimum absolute atomic E-state index is 0.385. The number of phenolic OH excluding ortho intramolecular Hbond substituents is 1. The Labute approximate surface area is 154 Å². The lowest BCUT2D eigenvalue weighted by atomic mass is 10.0. The number of piperazine rings is 1. The molecule has 1 aliphatic heterocycles. The molecule has 1 aliphatic rings. The summed E-state index contributed by atoms with van der Waals surface area (Å²) in [4.78, 5) is 4.78. The summed E-state index contributed by atoms with van der Waals surface area (Å²) < 4.78 is 5.50. The van der Waals surface area contributed by atoms with E-state index in [0.717, 1.165) is 55.1 Å². The van der Waals surface area contributed by atoms with Crippen LogP contribution in [-0.2, 0) is 6.54 Å². The molecule has 1 N–H and O–H groups in total. The number of fused-ring (bicyclic) bond motifs is 1. The molecule has 0 aliphatic carbocycles. The molecule has 134 valence electrons. The van der Waals surface area contributed by atoms with E-state index < -0.39 is 0 Å². The summed E-state index contributed by atoms with van der Waals surface area (Å²) >= 11 is 0. The van der Waals surface area contributed by atoms with Crippen molar-refractivity contribution in [1.29, 1.82) is 0 Å². The largest absolute Gasteiger partial charge is 0.508 e. The lowest BCUT2D eigenvalue weighted by Crippen LogP contribution is -2.46. The standard InChI is InChI=1S/C22H24N2O2/c1-26-22-9-5-4-8-20(22)24-14-12-23(13-15-24)16-19-18-7-3-2-6-17(18)10-11-21(19)25/h2-11,25H,12-16H2,1H3. The molecule has 1 fully saturated rings. The van der Waals surface area contributed by atoms with Crippen LogP contribution in [0, 0.1) is 0 Å². The molecule has 0 radical (unpaired) electrons. The van der Waals surface area contributed by atoms with Crippen molar-refractivity contribution in [1.82, 2.24) is 4.90 Å². The van der Waals surface area contributed by atoms with Crippen LogP contribution in [0.3, 0.4) is 0 Å². The number of hydrogen-bond acceptors (Lipinski definition) is 4. The van der Waals surface area contributed by atoms with Crippen LogP contribution in [0.2, 0.25) is 0 Å². The van der Waals surface area contributed by atoms with E-state index >= 15 is 0 Å². The number of benzene rings is 3. The molecule has 0 amide bonds. The van der Waals surface area contributed by atoms with Gasteiger partial charge < -0.3 is 14.7 Å². The van der Waals surface area contributed by atoms with Crippen molar-refractivity contribution < 1.29 is 9.84 Å². The number of para-hydroxylation sites is 2. The summed E-state index contributed by atoms with van der Waals surface area (Å²) in [5.74, 6) is 1.31. The molecule has 0 atom stereocenters. The van der Waals surface area contributed by atoms with Crippen molar-refractivity contribution in [3.8, 4) is 11.5 Å². The summed E-state index contributed by atoms with van der Waals surface area (Å²) in [6.07, 6.45) is 0. The van der Waals surface area contributed by atoms with Gasteiger partial charge in [-0.05, 0) is 29.0 Å². The molecule has 3 aromatic rings. The van der Waals surface area contributed by atoms with Gasteiger partial charge in [0.25, 0.3) is 0 Å². The van der Waals surface area contributed by atoms with Gasteiger partial charge in [-0.2, -0.15) is 0 Å². The van der Waals surface area contributed by atoms with Crippen molar-refractivity contribution in [2.24, 2.45) is 0 Å². The van der Waals surface area contributed by atoms with Crippen molar-refractivity contribution in [2.45, 2.75) is 6.54 Å². The minimum Gasteiger partial charge on any atom is -0.508 e. The summed E-state index contributed by atoms with van der Waals surface area (Å²) in [5, 5.41) is 12.7. The zero-order valence-electron chi connectivity index (χ0n) is 15.1. The molecule has 26 heavy (non-hydrogen) atoms. The number of methoxy groups -OCH3 is 1. The third-order valence-corrected chi connectivity index (χ3v) is 5.20. The normalized spacial score (nSPS) is 15.3.